The molecule has 7 rings (SSSR count). The van der Waals surface area contributed by atoms with Gasteiger partial charge in [-0.1, -0.05) is 85.0 Å². The molecule has 2 heterocycles. The van der Waals surface area contributed by atoms with E-state index in [9.17, 15) is 8.78 Å². The van der Waals surface area contributed by atoms with Crippen LogP contribution in [0.3, 0.4) is 0 Å². The minimum Gasteiger partial charge on any atom is -0.271 e. The highest BCUT2D eigenvalue weighted by Gasteiger charge is 2.45. The molecule has 0 bridgehead atoms. The molecule has 2 aliphatic rings. The Morgan fingerprint density at radius 1 is 0.732 bits per heavy atom. The fourth-order valence-electron chi connectivity index (χ4n) is 6.44. The molecule has 4 aromatic carbocycles. The van der Waals surface area contributed by atoms with Crippen molar-refractivity contribution in [3.63, 3.8) is 0 Å². The van der Waals surface area contributed by atoms with E-state index in [1.807, 2.05) is 24.3 Å². The Bertz CT molecular complexity index is 1970. The number of para-hydroxylation sites is 2. The lowest BCUT2D eigenvalue weighted by Gasteiger charge is -2.42. The number of pyridine rings is 1. The minimum absolute atomic E-state index is 0.129. The Kier molecular flexibility index (Phi) is 6.19. The van der Waals surface area contributed by atoms with E-state index in [1.165, 1.54) is 35.4 Å². The Morgan fingerprint density at radius 3 is 2.10 bits per heavy atom. The fourth-order valence-corrected chi connectivity index (χ4v) is 6.44. The van der Waals surface area contributed by atoms with Gasteiger partial charge in [-0.2, -0.15) is 0 Å². The molecule has 41 heavy (non-hydrogen) atoms. The first kappa shape index (κ1) is 25.3. The molecule has 200 valence electrons. The van der Waals surface area contributed by atoms with Crippen molar-refractivity contribution in [3.8, 4) is 0 Å². The summed E-state index contributed by atoms with van der Waals surface area (Å²) in [7, 11) is 0. The first-order chi connectivity index (χ1) is 20.0. The summed E-state index contributed by atoms with van der Waals surface area (Å²) in [6.45, 7) is 2.21. The van der Waals surface area contributed by atoms with Gasteiger partial charge in [-0.3, -0.25) is 4.99 Å². The first-order valence-corrected chi connectivity index (χ1v) is 14.0. The standard InChI is InChI=1S/C37H28F2N2/c1-37-33(29(31-7-3-5-9-35(31)41-37)21-15-25-12-18-27(39)19-13-25)23-22-32-28(20-14-24-10-16-26(38)17-11-24)30-6-2-4-8-34(30)40-36(32)37/h2-21,33H,22-23H2,1H3/b20-14+,21-15+. The highest BCUT2D eigenvalue weighted by atomic mass is 19.1. The van der Waals surface area contributed by atoms with Crippen LogP contribution in [0.1, 0.15) is 41.3 Å². The predicted octanol–water partition coefficient (Wildman–Crippen LogP) is 7.66. The van der Waals surface area contributed by atoms with E-state index in [4.69, 9.17) is 9.98 Å². The van der Waals surface area contributed by atoms with Crippen molar-refractivity contribution in [1.82, 2.24) is 4.98 Å². The molecule has 0 N–H and O–H groups in total. The number of allylic oxidation sites excluding steroid dienone is 1. The van der Waals surface area contributed by atoms with Gasteiger partial charge < -0.3 is 0 Å². The summed E-state index contributed by atoms with van der Waals surface area (Å²) in [6, 6.07) is 29.7. The summed E-state index contributed by atoms with van der Waals surface area (Å²) in [5.74, 6) is -0.354. The van der Waals surface area contributed by atoms with Crippen molar-refractivity contribution < 1.29 is 8.78 Å². The van der Waals surface area contributed by atoms with Gasteiger partial charge in [0.15, 0.2) is 0 Å². The van der Waals surface area contributed by atoms with E-state index in [0.29, 0.717) is 0 Å². The van der Waals surface area contributed by atoms with Crippen molar-refractivity contribution in [1.29, 1.82) is 0 Å². The van der Waals surface area contributed by atoms with Crippen molar-refractivity contribution in [2.45, 2.75) is 25.3 Å². The third-order valence-electron chi connectivity index (χ3n) is 8.46. The summed E-state index contributed by atoms with van der Waals surface area (Å²) in [5.41, 5.74) is 6.86. The van der Waals surface area contributed by atoms with Crippen molar-refractivity contribution in [2.75, 3.05) is 0 Å². The van der Waals surface area contributed by atoms with Crippen LogP contribution < -0.4 is 10.6 Å². The molecule has 0 saturated heterocycles. The zero-order chi connectivity index (χ0) is 28.0. The molecule has 1 aliphatic heterocycles. The van der Waals surface area contributed by atoms with E-state index >= 15 is 0 Å². The number of aromatic nitrogens is 1. The van der Waals surface area contributed by atoms with Crippen LogP contribution >= 0.6 is 0 Å². The summed E-state index contributed by atoms with van der Waals surface area (Å²) < 4.78 is 27.1. The van der Waals surface area contributed by atoms with Gasteiger partial charge in [-0.05, 0) is 84.0 Å². The zero-order valence-electron chi connectivity index (χ0n) is 22.7. The summed E-state index contributed by atoms with van der Waals surface area (Å²) >= 11 is 0. The third-order valence-corrected chi connectivity index (χ3v) is 8.46. The zero-order valence-corrected chi connectivity index (χ0v) is 22.7. The molecule has 1 aromatic heterocycles. The highest BCUT2D eigenvalue weighted by molar-refractivity contribution is 5.93. The summed E-state index contributed by atoms with van der Waals surface area (Å²) in [6.07, 6.45) is 10.2. The lowest BCUT2D eigenvalue weighted by molar-refractivity contribution is 0.309. The topological polar surface area (TPSA) is 25.2 Å². The van der Waals surface area contributed by atoms with E-state index in [-0.39, 0.29) is 17.6 Å². The second-order valence-corrected chi connectivity index (χ2v) is 11.0. The number of halogens is 2. The van der Waals surface area contributed by atoms with E-state index in [0.717, 1.165) is 56.7 Å². The Labute approximate surface area is 237 Å². The summed E-state index contributed by atoms with van der Waals surface area (Å²) in [5, 5.41) is 3.19. The number of hydrogen-bond donors (Lipinski definition) is 0. The highest BCUT2D eigenvalue weighted by Crippen LogP contribution is 2.48. The van der Waals surface area contributed by atoms with Crippen LogP contribution in [0.4, 0.5) is 8.78 Å². The SMILES string of the molecule is CC12N=c3ccccc3=C(/C=C/c3ccc(F)cc3)C1CCc1c2nc2ccccc2c1/C=C/c1ccc(F)cc1. The van der Waals surface area contributed by atoms with Crippen LogP contribution in [0.25, 0.3) is 34.7 Å². The monoisotopic (exact) mass is 538 g/mol. The van der Waals surface area contributed by atoms with Crippen LogP contribution in [-0.2, 0) is 12.0 Å². The smallest absolute Gasteiger partial charge is 0.123 e. The van der Waals surface area contributed by atoms with Gasteiger partial charge in [0.1, 0.15) is 17.2 Å². The molecular formula is C37H28F2N2. The molecule has 2 atom stereocenters. The maximum atomic E-state index is 13.5. The molecular weight excluding hydrogens is 510 g/mol. The largest absolute Gasteiger partial charge is 0.271 e. The van der Waals surface area contributed by atoms with Crippen LogP contribution in [0.15, 0.2) is 108 Å². The van der Waals surface area contributed by atoms with Gasteiger partial charge in [0.05, 0.1) is 16.6 Å². The van der Waals surface area contributed by atoms with Gasteiger partial charge >= 0.3 is 0 Å². The lowest BCUT2D eigenvalue weighted by Crippen LogP contribution is -2.47. The molecule has 1 aliphatic carbocycles. The van der Waals surface area contributed by atoms with Crippen LogP contribution in [0.2, 0.25) is 0 Å². The molecule has 2 unspecified atom stereocenters. The Hall–Kier alpha value is -4.70. The van der Waals surface area contributed by atoms with E-state index in [1.54, 1.807) is 24.3 Å². The van der Waals surface area contributed by atoms with E-state index < -0.39 is 5.54 Å². The van der Waals surface area contributed by atoms with Gasteiger partial charge in [-0.25, -0.2) is 13.8 Å². The first-order valence-electron chi connectivity index (χ1n) is 14.0. The molecule has 0 saturated carbocycles. The second-order valence-electron chi connectivity index (χ2n) is 11.0. The van der Waals surface area contributed by atoms with E-state index in [2.05, 4.69) is 55.5 Å². The fraction of sp³-hybridized carbons (Fsp3) is 0.135. The number of fused-ring (bicyclic) bond motifs is 5. The predicted molar refractivity (Wildman–Crippen MR) is 162 cm³/mol. The van der Waals surface area contributed by atoms with Gasteiger partial charge in [-0.15, -0.1) is 0 Å². The normalized spacial score (nSPS) is 19.7. The summed E-state index contributed by atoms with van der Waals surface area (Å²) in [4.78, 5) is 10.7. The van der Waals surface area contributed by atoms with Crippen LogP contribution in [-0.4, -0.2) is 4.98 Å². The average Bonchev–Trinajstić information content (AvgIpc) is 2.99. The van der Waals surface area contributed by atoms with Gasteiger partial charge in [0, 0.05) is 16.5 Å². The van der Waals surface area contributed by atoms with Gasteiger partial charge in [0.2, 0.25) is 0 Å². The quantitative estimate of drug-likeness (QED) is 0.231. The molecule has 4 heteroatoms. The van der Waals surface area contributed by atoms with Gasteiger partial charge in [0.25, 0.3) is 0 Å². The number of benzene rings is 4. The molecule has 5 aromatic rings. The molecule has 0 fully saturated rings. The van der Waals surface area contributed by atoms with Crippen LogP contribution in [0, 0.1) is 17.6 Å². The Morgan fingerprint density at radius 2 is 1.37 bits per heavy atom. The van der Waals surface area contributed by atoms with Crippen LogP contribution in [0.5, 0.6) is 0 Å². The average molecular weight is 539 g/mol. The maximum Gasteiger partial charge on any atom is 0.123 e. The Balaban J connectivity index is 1.41. The number of nitrogens with zero attached hydrogens (tertiary/aromatic N) is 2. The molecule has 2 nitrogen and oxygen atoms in total. The minimum atomic E-state index is -0.563. The van der Waals surface area contributed by atoms with Crippen molar-refractivity contribution in [3.05, 3.63) is 153 Å². The molecule has 0 spiro atoms. The lowest BCUT2D eigenvalue weighted by atomic mass is 9.67. The molecule has 0 radical (unpaired) electrons. The van der Waals surface area contributed by atoms with Crippen molar-refractivity contribution in [2.24, 2.45) is 10.9 Å². The molecule has 0 amide bonds. The maximum absolute atomic E-state index is 13.5. The third kappa shape index (κ3) is 4.50. The number of rotatable bonds is 4. The second kappa shape index (κ2) is 10.0. The number of hydrogen-bond acceptors (Lipinski definition) is 2. The van der Waals surface area contributed by atoms with Crippen molar-refractivity contribution >= 4 is 34.7 Å².